The molecule has 0 bridgehead atoms. The highest BCUT2D eigenvalue weighted by Gasteiger charge is 2.27. The number of phosphoric ester groups is 1. The monoisotopic (exact) mass is 678 g/mol. The topological polar surface area (TPSA) is 149 Å². The quantitative estimate of drug-likeness (QED) is 0.0262. The number of hydrogen-bond acceptors (Lipinski definition) is 9. The third kappa shape index (κ3) is 31.3. The van der Waals surface area contributed by atoms with Gasteiger partial charge in [-0.3, -0.25) is 18.6 Å². The van der Waals surface area contributed by atoms with Gasteiger partial charge in [-0.25, -0.2) is 4.57 Å². The average Bonchev–Trinajstić information content (AvgIpc) is 3.04. The fourth-order valence-corrected chi connectivity index (χ4v) is 5.58. The second kappa shape index (κ2) is 32.3. The molecule has 46 heavy (non-hydrogen) atoms. The SMILES string of the molecule is CCCCCCCCCC/C=C\CCCCCCCCCCCC(=O)OC(COC(=O)CCCC)COP(=O)(O)OCC(O)CO. The molecule has 10 nitrogen and oxygen atoms in total. The van der Waals surface area contributed by atoms with Crippen molar-refractivity contribution in [2.75, 3.05) is 26.4 Å². The van der Waals surface area contributed by atoms with Crippen LogP contribution in [-0.4, -0.2) is 65.7 Å². The van der Waals surface area contributed by atoms with Gasteiger partial charge in [-0.1, -0.05) is 122 Å². The van der Waals surface area contributed by atoms with E-state index in [2.05, 4.69) is 23.6 Å². The van der Waals surface area contributed by atoms with Crippen LogP contribution in [0.2, 0.25) is 0 Å². The molecule has 0 aromatic heterocycles. The number of allylic oxidation sites excluding steroid dienone is 2. The molecule has 0 aromatic rings. The van der Waals surface area contributed by atoms with Gasteiger partial charge in [0.15, 0.2) is 6.10 Å². The zero-order valence-corrected chi connectivity index (χ0v) is 29.9. The molecule has 0 spiro atoms. The predicted molar refractivity (Wildman–Crippen MR) is 182 cm³/mol. The first-order valence-electron chi connectivity index (χ1n) is 18.1. The van der Waals surface area contributed by atoms with Crippen LogP contribution in [0, 0.1) is 0 Å². The Hall–Kier alpha value is -1.29. The largest absolute Gasteiger partial charge is 0.472 e. The molecule has 3 N–H and O–H groups in total. The van der Waals surface area contributed by atoms with Crippen molar-refractivity contribution >= 4 is 19.8 Å². The van der Waals surface area contributed by atoms with Crippen LogP contribution >= 0.6 is 7.82 Å². The molecule has 0 saturated carbocycles. The van der Waals surface area contributed by atoms with Crippen LogP contribution in [-0.2, 0) is 32.7 Å². The Balaban J connectivity index is 3.99. The zero-order valence-electron chi connectivity index (χ0n) is 29.0. The Bertz CT molecular complexity index is 791. The number of aliphatic hydroxyl groups is 2. The van der Waals surface area contributed by atoms with E-state index in [1.54, 1.807) is 0 Å². The summed E-state index contributed by atoms with van der Waals surface area (Å²) in [5.74, 6) is -0.965. The van der Waals surface area contributed by atoms with Gasteiger partial charge in [-0.05, 0) is 38.5 Å². The van der Waals surface area contributed by atoms with Gasteiger partial charge >= 0.3 is 19.8 Å². The third-order valence-corrected chi connectivity index (χ3v) is 8.62. The Labute approximate surface area is 279 Å². The zero-order chi connectivity index (χ0) is 34.1. The van der Waals surface area contributed by atoms with E-state index < -0.39 is 51.8 Å². The van der Waals surface area contributed by atoms with E-state index in [9.17, 15) is 24.2 Å². The number of carbonyl (C=O) groups excluding carboxylic acids is 2. The van der Waals surface area contributed by atoms with E-state index in [4.69, 9.17) is 19.1 Å². The van der Waals surface area contributed by atoms with Gasteiger partial charge in [0.1, 0.15) is 12.7 Å². The second-order valence-corrected chi connectivity index (χ2v) is 13.7. The maximum absolute atomic E-state index is 12.4. The van der Waals surface area contributed by atoms with Gasteiger partial charge in [0.05, 0.1) is 19.8 Å². The van der Waals surface area contributed by atoms with Crippen LogP contribution in [0.25, 0.3) is 0 Å². The summed E-state index contributed by atoms with van der Waals surface area (Å²) >= 11 is 0. The fourth-order valence-electron chi connectivity index (χ4n) is 4.79. The van der Waals surface area contributed by atoms with Crippen molar-refractivity contribution in [3.8, 4) is 0 Å². The lowest BCUT2D eigenvalue weighted by atomic mass is 10.1. The lowest BCUT2D eigenvalue weighted by Crippen LogP contribution is -2.29. The molecule has 272 valence electrons. The minimum Gasteiger partial charge on any atom is -0.462 e. The molecule has 0 rings (SSSR count). The minimum atomic E-state index is -4.59. The van der Waals surface area contributed by atoms with E-state index in [1.165, 1.54) is 96.3 Å². The maximum atomic E-state index is 12.4. The van der Waals surface area contributed by atoms with Gasteiger partial charge in [-0.15, -0.1) is 0 Å². The van der Waals surface area contributed by atoms with Gasteiger partial charge in [0.2, 0.25) is 0 Å². The number of ether oxygens (including phenoxy) is 2. The highest BCUT2D eigenvalue weighted by molar-refractivity contribution is 7.47. The number of rotatable bonds is 34. The molecule has 0 amide bonds. The normalized spacial score (nSPS) is 14.3. The first-order valence-corrected chi connectivity index (χ1v) is 19.6. The molecule has 0 heterocycles. The Morgan fingerprint density at radius 3 is 1.61 bits per heavy atom. The predicted octanol–water partition coefficient (Wildman–Crippen LogP) is 8.50. The molecule has 0 fully saturated rings. The number of esters is 2. The molecule has 0 aromatic carbocycles. The molecule has 0 radical (unpaired) electrons. The second-order valence-electron chi connectivity index (χ2n) is 12.3. The maximum Gasteiger partial charge on any atom is 0.472 e. The van der Waals surface area contributed by atoms with Crippen LogP contribution in [0.4, 0.5) is 0 Å². The van der Waals surface area contributed by atoms with Gasteiger partial charge in [0, 0.05) is 12.8 Å². The van der Waals surface area contributed by atoms with Crippen molar-refractivity contribution in [2.45, 2.75) is 174 Å². The summed E-state index contributed by atoms with van der Waals surface area (Å²) < 4.78 is 32.1. The standard InChI is InChI=1S/C35H67O10P/c1-3-5-7-8-9-10-11-12-13-14-15-16-17-18-19-20-21-22-23-24-25-27-35(39)45-33(30-42-34(38)26-6-4-2)31-44-46(40,41)43-29-32(37)28-36/h14-15,32-33,36-37H,3-13,16-31H2,1-2H3,(H,40,41)/b15-14-. The van der Waals surface area contributed by atoms with Crippen molar-refractivity contribution in [1.29, 1.82) is 0 Å². The summed E-state index contributed by atoms with van der Waals surface area (Å²) in [4.78, 5) is 34.1. The molecule has 0 aliphatic rings. The van der Waals surface area contributed by atoms with E-state index in [0.717, 1.165) is 25.7 Å². The van der Waals surface area contributed by atoms with Crippen LogP contribution < -0.4 is 0 Å². The molecule has 11 heteroatoms. The first kappa shape index (κ1) is 44.7. The van der Waals surface area contributed by atoms with Gasteiger partial charge in [0.25, 0.3) is 0 Å². The molecule has 3 atom stereocenters. The van der Waals surface area contributed by atoms with Gasteiger partial charge in [-0.2, -0.15) is 0 Å². The van der Waals surface area contributed by atoms with Crippen LogP contribution in [0.1, 0.15) is 162 Å². The van der Waals surface area contributed by atoms with Crippen LogP contribution in [0.5, 0.6) is 0 Å². The van der Waals surface area contributed by atoms with Gasteiger partial charge < -0.3 is 24.6 Å². The Morgan fingerprint density at radius 1 is 0.630 bits per heavy atom. The Morgan fingerprint density at radius 2 is 1.09 bits per heavy atom. The third-order valence-electron chi connectivity index (χ3n) is 7.67. The lowest BCUT2D eigenvalue weighted by molar-refractivity contribution is -0.161. The van der Waals surface area contributed by atoms with Crippen molar-refractivity contribution in [2.24, 2.45) is 0 Å². The molecule has 0 aliphatic carbocycles. The summed E-state index contributed by atoms with van der Waals surface area (Å²) in [6.07, 6.45) is 27.5. The van der Waals surface area contributed by atoms with Crippen molar-refractivity contribution < 1.29 is 47.8 Å². The average molecular weight is 679 g/mol. The van der Waals surface area contributed by atoms with Crippen LogP contribution in [0.3, 0.4) is 0 Å². The highest BCUT2D eigenvalue weighted by Crippen LogP contribution is 2.43. The fraction of sp³-hybridized carbons (Fsp3) is 0.886. The molecule has 0 saturated heterocycles. The summed E-state index contributed by atoms with van der Waals surface area (Å²) in [6, 6.07) is 0. The number of hydrogen-bond donors (Lipinski definition) is 3. The summed E-state index contributed by atoms with van der Waals surface area (Å²) in [6.45, 7) is 2.09. The minimum absolute atomic E-state index is 0.183. The number of phosphoric acid groups is 1. The van der Waals surface area contributed by atoms with Crippen molar-refractivity contribution in [1.82, 2.24) is 0 Å². The smallest absolute Gasteiger partial charge is 0.462 e. The van der Waals surface area contributed by atoms with Crippen molar-refractivity contribution in [3.63, 3.8) is 0 Å². The molecule has 0 aliphatic heterocycles. The summed E-state index contributed by atoms with van der Waals surface area (Å²) in [5.41, 5.74) is 0. The molecular weight excluding hydrogens is 611 g/mol. The summed E-state index contributed by atoms with van der Waals surface area (Å²) in [7, 11) is -4.59. The molecular formula is C35H67O10P. The number of unbranched alkanes of at least 4 members (excludes halogenated alkanes) is 18. The van der Waals surface area contributed by atoms with E-state index in [-0.39, 0.29) is 19.4 Å². The van der Waals surface area contributed by atoms with E-state index in [1.807, 2.05) is 6.92 Å². The summed E-state index contributed by atoms with van der Waals surface area (Å²) in [5, 5.41) is 18.1. The molecule has 3 unspecified atom stereocenters. The number of carbonyl (C=O) groups is 2. The van der Waals surface area contributed by atoms with E-state index >= 15 is 0 Å². The van der Waals surface area contributed by atoms with E-state index in [0.29, 0.717) is 12.8 Å². The number of aliphatic hydroxyl groups excluding tert-OH is 2. The highest BCUT2D eigenvalue weighted by atomic mass is 31.2. The lowest BCUT2D eigenvalue weighted by Gasteiger charge is -2.20. The Kier molecular flexibility index (Phi) is 31.4. The first-order chi connectivity index (χ1) is 22.2. The van der Waals surface area contributed by atoms with Crippen LogP contribution in [0.15, 0.2) is 12.2 Å². The van der Waals surface area contributed by atoms with Crippen molar-refractivity contribution in [3.05, 3.63) is 12.2 Å².